The van der Waals surface area contributed by atoms with Gasteiger partial charge in [-0.3, -0.25) is 9.48 Å². The average Bonchev–Trinajstić information content (AvgIpc) is 2.94. The van der Waals surface area contributed by atoms with Crippen LogP contribution in [0.25, 0.3) is 0 Å². The molecule has 1 aliphatic heterocycles. The molecule has 1 atom stereocenters. The van der Waals surface area contributed by atoms with Crippen LogP contribution in [-0.2, 0) is 16.1 Å². The monoisotopic (exact) mass is 251 g/mol. The van der Waals surface area contributed by atoms with Gasteiger partial charge in [-0.15, -0.1) is 0 Å². The predicted octanol–water partition coefficient (Wildman–Crippen LogP) is 1.19. The van der Waals surface area contributed by atoms with Gasteiger partial charge in [0, 0.05) is 31.8 Å². The van der Waals surface area contributed by atoms with Crippen molar-refractivity contribution in [1.29, 1.82) is 0 Å². The number of ether oxygens (including phenoxy) is 1. The standard InChI is InChI=1S/C13H21N3O2/c1-10-8-11(2)16(15-10)6-5-13(17)14-9-12-4-3-7-18-12/h8,12H,3-7,9H2,1-2H3,(H,14,17). The van der Waals surface area contributed by atoms with Crippen molar-refractivity contribution in [2.24, 2.45) is 0 Å². The normalized spacial score (nSPS) is 19.1. The first-order chi connectivity index (χ1) is 8.65. The van der Waals surface area contributed by atoms with Crippen LogP contribution in [0.15, 0.2) is 6.07 Å². The Morgan fingerprint density at radius 3 is 3.06 bits per heavy atom. The maximum Gasteiger partial charge on any atom is 0.221 e. The van der Waals surface area contributed by atoms with Crippen LogP contribution < -0.4 is 5.32 Å². The number of aryl methyl sites for hydroxylation is 3. The molecule has 0 saturated carbocycles. The van der Waals surface area contributed by atoms with Crippen LogP contribution >= 0.6 is 0 Å². The first-order valence-corrected chi connectivity index (χ1v) is 6.54. The van der Waals surface area contributed by atoms with Crippen LogP contribution in [0.4, 0.5) is 0 Å². The summed E-state index contributed by atoms with van der Waals surface area (Å²) in [6.45, 7) is 6.06. The van der Waals surface area contributed by atoms with Gasteiger partial charge in [-0.25, -0.2) is 0 Å². The van der Waals surface area contributed by atoms with Gasteiger partial charge in [0.1, 0.15) is 0 Å². The molecule has 1 aromatic rings. The summed E-state index contributed by atoms with van der Waals surface area (Å²) < 4.78 is 7.33. The van der Waals surface area contributed by atoms with Crippen LogP contribution in [0.1, 0.15) is 30.7 Å². The number of nitrogens with zero attached hydrogens (tertiary/aromatic N) is 2. The zero-order valence-corrected chi connectivity index (χ0v) is 11.1. The maximum atomic E-state index is 11.7. The van der Waals surface area contributed by atoms with Crippen molar-refractivity contribution in [3.05, 3.63) is 17.5 Å². The molecule has 1 saturated heterocycles. The van der Waals surface area contributed by atoms with Crippen molar-refractivity contribution in [3.8, 4) is 0 Å². The first kappa shape index (κ1) is 13.1. The second-order valence-corrected chi connectivity index (χ2v) is 4.84. The largest absolute Gasteiger partial charge is 0.376 e. The lowest BCUT2D eigenvalue weighted by atomic mass is 10.2. The van der Waals surface area contributed by atoms with Crippen LogP contribution in [-0.4, -0.2) is 34.9 Å². The second kappa shape index (κ2) is 6.00. The number of hydrogen-bond acceptors (Lipinski definition) is 3. The molecule has 1 amide bonds. The number of nitrogens with one attached hydrogen (secondary N) is 1. The quantitative estimate of drug-likeness (QED) is 0.855. The minimum absolute atomic E-state index is 0.0676. The third-order valence-corrected chi connectivity index (χ3v) is 3.20. The van der Waals surface area contributed by atoms with Gasteiger partial charge >= 0.3 is 0 Å². The highest BCUT2D eigenvalue weighted by atomic mass is 16.5. The maximum absolute atomic E-state index is 11.7. The molecule has 2 rings (SSSR count). The van der Waals surface area contributed by atoms with Crippen molar-refractivity contribution >= 4 is 5.91 Å². The van der Waals surface area contributed by atoms with E-state index in [0.29, 0.717) is 19.5 Å². The summed E-state index contributed by atoms with van der Waals surface area (Å²) in [5.41, 5.74) is 2.09. The highest BCUT2D eigenvalue weighted by Gasteiger charge is 2.16. The van der Waals surface area contributed by atoms with E-state index in [1.165, 1.54) is 0 Å². The molecule has 2 heterocycles. The summed E-state index contributed by atoms with van der Waals surface area (Å²) in [5.74, 6) is 0.0676. The molecule has 0 radical (unpaired) electrons. The molecule has 0 spiro atoms. The number of carbonyl (C=O) groups excluding carboxylic acids is 1. The Kier molecular flexibility index (Phi) is 4.36. The van der Waals surface area contributed by atoms with E-state index >= 15 is 0 Å². The summed E-state index contributed by atoms with van der Waals surface area (Å²) in [6.07, 6.45) is 2.83. The highest BCUT2D eigenvalue weighted by molar-refractivity contribution is 5.75. The molecule has 0 aromatic carbocycles. The van der Waals surface area contributed by atoms with Crippen molar-refractivity contribution in [2.75, 3.05) is 13.2 Å². The molecule has 18 heavy (non-hydrogen) atoms. The number of carbonyl (C=O) groups is 1. The zero-order valence-electron chi connectivity index (χ0n) is 11.1. The van der Waals surface area contributed by atoms with Gasteiger partial charge in [-0.1, -0.05) is 0 Å². The number of amides is 1. The van der Waals surface area contributed by atoms with E-state index in [1.54, 1.807) is 0 Å². The lowest BCUT2D eigenvalue weighted by Crippen LogP contribution is -2.32. The van der Waals surface area contributed by atoms with E-state index in [1.807, 2.05) is 24.6 Å². The number of hydrogen-bond donors (Lipinski definition) is 1. The minimum Gasteiger partial charge on any atom is -0.376 e. The fourth-order valence-electron chi connectivity index (χ4n) is 2.23. The fourth-order valence-corrected chi connectivity index (χ4v) is 2.23. The summed E-state index contributed by atoms with van der Waals surface area (Å²) in [7, 11) is 0. The second-order valence-electron chi connectivity index (χ2n) is 4.84. The molecule has 1 aliphatic rings. The molecule has 1 aromatic heterocycles. The van der Waals surface area contributed by atoms with Gasteiger partial charge in [-0.05, 0) is 32.8 Å². The highest BCUT2D eigenvalue weighted by Crippen LogP contribution is 2.10. The summed E-state index contributed by atoms with van der Waals surface area (Å²) in [6, 6.07) is 2.02. The Morgan fingerprint density at radius 2 is 2.44 bits per heavy atom. The number of rotatable bonds is 5. The molecule has 5 heteroatoms. The SMILES string of the molecule is Cc1cc(C)n(CCC(=O)NCC2CCCO2)n1. The van der Waals surface area contributed by atoms with Crippen molar-refractivity contribution in [2.45, 2.75) is 45.8 Å². The third kappa shape index (κ3) is 3.57. The van der Waals surface area contributed by atoms with E-state index in [-0.39, 0.29) is 12.0 Å². The molecule has 100 valence electrons. The first-order valence-electron chi connectivity index (χ1n) is 6.54. The van der Waals surface area contributed by atoms with Crippen LogP contribution in [0, 0.1) is 13.8 Å². The zero-order chi connectivity index (χ0) is 13.0. The smallest absolute Gasteiger partial charge is 0.221 e. The van der Waals surface area contributed by atoms with Gasteiger partial charge in [-0.2, -0.15) is 5.10 Å². The molecule has 5 nitrogen and oxygen atoms in total. The molecule has 0 aliphatic carbocycles. The Morgan fingerprint density at radius 1 is 1.61 bits per heavy atom. The van der Waals surface area contributed by atoms with Gasteiger partial charge in [0.15, 0.2) is 0 Å². The van der Waals surface area contributed by atoms with Crippen molar-refractivity contribution in [1.82, 2.24) is 15.1 Å². The predicted molar refractivity (Wildman–Crippen MR) is 68.3 cm³/mol. The van der Waals surface area contributed by atoms with E-state index in [9.17, 15) is 4.79 Å². The van der Waals surface area contributed by atoms with Gasteiger partial charge in [0.05, 0.1) is 11.8 Å². The van der Waals surface area contributed by atoms with Crippen LogP contribution in [0.5, 0.6) is 0 Å². The number of aromatic nitrogens is 2. The summed E-state index contributed by atoms with van der Waals surface area (Å²) in [5, 5.41) is 7.25. The van der Waals surface area contributed by atoms with Crippen molar-refractivity contribution < 1.29 is 9.53 Å². The molecular weight excluding hydrogens is 230 g/mol. The Balaban J connectivity index is 1.69. The van der Waals surface area contributed by atoms with Gasteiger partial charge in [0.2, 0.25) is 5.91 Å². The Hall–Kier alpha value is -1.36. The van der Waals surface area contributed by atoms with Gasteiger partial charge in [0.25, 0.3) is 0 Å². The fraction of sp³-hybridized carbons (Fsp3) is 0.692. The molecule has 1 N–H and O–H groups in total. The van der Waals surface area contributed by atoms with E-state index in [2.05, 4.69) is 10.4 Å². The molecule has 1 fully saturated rings. The Bertz CT molecular complexity index is 408. The Labute approximate surface area is 108 Å². The summed E-state index contributed by atoms with van der Waals surface area (Å²) in [4.78, 5) is 11.7. The lowest BCUT2D eigenvalue weighted by Gasteiger charge is -2.11. The van der Waals surface area contributed by atoms with Crippen molar-refractivity contribution in [3.63, 3.8) is 0 Å². The lowest BCUT2D eigenvalue weighted by molar-refractivity contribution is -0.121. The van der Waals surface area contributed by atoms with Gasteiger partial charge < -0.3 is 10.1 Å². The molecule has 1 unspecified atom stereocenters. The van der Waals surface area contributed by atoms with Crippen LogP contribution in [0.3, 0.4) is 0 Å². The molecular formula is C13H21N3O2. The van der Waals surface area contributed by atoms with Crippen LogP contribution in [0.2, 0.25) is 0 Å². The van der Waals surface area contributed by atoms with E-state index in [4.69, 9.17) is 4.74 Å². The topological polar surface area (TPSA) is 56.2 Å². The minimum atomic E-state index is 0.0676. The summed E-state index contributed by atoms with van der Waals surface area (Å²) >= 11 is 0. The molecule has 0 bridgehead atoms. The average molecular weight is 251 g/mol. The van der Waals surface area contributed by atoms with E-state index < -0.39 is 0 Å². The van der Waals surface area contributed by atoms with E-state index in [0.717, 1.165) is 30.8 Å². The third-order valence-electron chi connectivity index (χ3n) is 3.20.